The summed E-state index contributed by atoms with van der Waals surface area (Å²) in [5, 5.41) is 3.22. The number of likely N-dealkylation sites (tertiary alicyclic amines) is 1. The number of rotatable bonds is 6. The average molecular weight is 372 g/mol. The number of hydrogen-bond donors (Lipinski definition) is 3. The molecule has 1 aliphatic heterocycles. The van der Waals surface area contributed by atoms with Gasteiger partial charge in [0.05, 0.1) is 5.25 Å². The van der Waals surface area contributed by atoms with Gasteiger partial charge in [-0.3, -0.25) is 9.69 Å². The zero-order valence-corrected chi connectivity index (χ0v) is 15.6. The molecule has 0 spiro atoms. The first kappa shape index (κ1) is 18.5. The van der Waals surface area contributed by atoms with E-state index >= 15 is 0 Å². The molecule has 138 valence electrons. The molecule has 0 radical (unpaired) electrons. The number of aromatic nitrogens is 2. The number of nitrogens with zero attached hydrogens (tertiary/aromatic N) is 3. The van der Waals surface area contributed by atoms with Crippen molar-refractivity contribution in [2.75, 3.05) is 24.6 Å². The van der Waals surface area contributed by atoms with E-state index < -0.39 is 0 Å². The fourth-order valence-electron chi connectivity index (χ4n) is 2.98. The van der Waals surface area contributed by atoms with Crippen molar-refractivity contribution in [3.63, 3.8) is 0 Å². The molecule has 1 saturated heterocycles. The zero-order chi connectivity index (χ0) is 18.5. The summed E-state index contributed by atoms with van der Waals surface area (Å²) in [5.74, 6) is 0.589. The molecular weight excluding hydrogens is 348 g/mol. The molecule has 0 unspecified atom stereocenters. The lowest BCUT2D eigenvalue weighted by molar-refractivity contribution is -0.120. The number of nitrogen functional groups attached to an aromatic ring is 2. The predicted octanol–water partition coefficient (Wildman–Crippen LogP) is 1.51. The Kier molecular flexibility index (Phi) is 5.95. The molecule has 1 aromatic heterocycles. The van der Waals surface area contributed by atoms with Gasteiger partial charge in [0.1, 0.15) is 11.6 Å². The summed E-state index contributed by atoms with van der Waals surface area (Å²) in [4.78, 5) is 23.0. The fraction of sp³-hybridized carbons (Fsp3) is 0.389. The largest absolute Gasteiger partial charge is 0.383 e. The minimum Gasteiger partial charge on any atom is -0.383 e. The molecule has 2 aromatic rings. The van der Waals surface area contributed by atoms with Gasteiger partial charge in [0, 0.05) is 31.7 Å². The summed E-state index contributed by atoms with van der Waals surface area (Å²) in [6.07, 6.45) is 0.956. The molecule has 0 aliphatic carbocycles. The summed E-state index contributed by atoms with van der Waals surface area (Å²) < 4.78 is 0. The lowest BCUT2D eigenvalue weighted by Gasteiger charge is -2.18. The molecule has 1 amide bonds. The Balaban J connectivity index is 1.48. The molecule has 1 aromatic carbocycles. The van der Waals surface area contributed by atoms with Crippen molar-refractivity contribution in [2.45, 2.75) is 36.3 Å². The minimum atomic E-state index is -0.320. The Hall–Kier alpha value is -2.32. The molecule has 1 fully saturated rings. The number of nitrogens with two attached hydrogens (primary N) is 2. The second-order valence-corrected chi connectivity index (χ2v) is 7.78. The summed E-state index contributed by atoms with van der Waals surface area (Å²) >= 11 is 1.26. The van der Waals surface area contributed by atoms with E-state index in [1.165, 1.54) is 23.4 Å². The Morgan fingerprint density at radius 1 is 1.31 bits per heavy atom. The molecule has 26 heavy (non-hydrogen) atoms. The standard InChI is InChI=1S/C18H24N6OS/c1-12(26-18-22-15(19)9-16(20)23-18)17(25)21-14-7-8-24(11-14)10-13-5-3-2-4-6-13/h2-6,9,12,14H,7-8,10-11H2,1H3,(H,21,25)(H4,19,20,22,23)/t12-,14-/m0/s1. The summed E-state index contributed by atoms with van der Waals surface area (Å²) in [6.45, 7) is 4.59. The van der Waals surface area contributed by atoms with Crippen LogP contribution < -0.4 is 16.8 Å². The molecule has 7 nitrogen and oxygen atoms in total. The van der Waals surface area contributed by atoms with Crippen molar-refractivity contribution in [2.24, 2.45) is 0 Å². The molecule has 2 heterocycles. The van der Waals surface area contributed by atoms with Gasteiger partial charge < -0.3 is 16.8 Å². The van der Waals surface area contributed by atoms with E-state index in [0.29, 0.717) is 16.8 Å². The van der Waals surface area contributed by atoms with Crippen LogP contribution in [-0.4, -0.2) is 45.2 Å². The molecule has 0 saturated carbocycles. The molecule has 1 aliphatic rings. The number of amides is 1. The van der Waals surface area contributed by atoms with E-state index in [9.17, 15) is 4.79 Å². The van der Waals surface area contributed by atoms with Gasteiger partial charge in [0.15, 0.2) is 5.16 Å². The molecule has 3 rings (SSSR count). The van der Waals surface area contributed by atoms with Crippen molar-refractivity contribution in [1.29, 1.82) is 0 Å². The number of nitrogens with one attached hydrogen (secondary N) is 1. The third-order valence-corrected chi connectivity index (χ3v) is 5.23. The van der Waals surface area contributed by atoms with Crippen LogP contribution in [0.25, 0.3) is 0 Å². The van der Waals surface area contributed by atoms with E-state index in [4.69, 9.17) is 11.5 Å². The summed E-state index contributed by atoms with van der Waals surface area (Å²) in [5.41, 5.74) is 12.6. The maximum absolute atomic E-state index is 12.5. The molecule has 0 bridgehead atoms. The number of carbonyl (C=O) groups is 1. The van der Waals surface area contributed by atoms with Gasteiger partial charge in [-0.15, -0.1) is 0 Å². The number of benzene rings is 1. The van der Waals surface area contributed by atoms with E-state index in [1.807, 2.05) is 13.0 Å². The van der Waals surface area contributed by atoms with Gasteiger partial charge in [-0.05, 0) is 18.9 Å². The van der Waals surface area contributed by atoms with E-state index in [2.05, 4.69) is 44.5 Å². The molecule has 5 N–H and O–H groups in total. The maximum Gasteiger partial charge on any atom is 0.233 e. The average Bonchev–Trinajstić information content (AvgIpc) is 3.01. The van der Waals surface area contributed by atoms with Crippen LogP contribution in [0, 0.1) is 0 Å². The quantitative estimate of drug-likeness (QED) is 0.521. The zero-order valence-electron chi connectivity index (χ0n) is 14.8. The normalized spacial score (nSPS) is 18.6. The summed E-state index contributed by atoms with van der Waals surface area (Å²) in [6, 6.07) is 12.0. The van der Waals surface area contributed by atoms with Crippen LogP contribution >= 0.6 is 11.8 Å². The molecule has 2 atom stereocenters. The monoisotopic (exact) mass is 372 g/mol. The van der Waals surface area contributed by atoms with Crippen molar-refractivity contribution in [3.8, 4) is 0 Å². The highest BCUT2D eigenvalue weighted by atomic mass is 32.2. The van der Waals surface area contributed by atoms with Crippen LogP contribution in [0.4, 0.5) is 11.6 Å². The van der Waals surface area contributed by atoms with Crippen LogP contribution in [0.1, 0.15) is 18.9 Å². The maximum atomic E-state index is 12.5. The number of anilines is 2. The van der Waals surface area contributed by atoms with Gasteiger partial charge in [-0.25, -0.2) is 9.97 Å². The lowest BCUT2D eigenvalue weighted by atomic mass is 10.2. The van der Waals surface area contributed by atoms with Crippen molar-refractivity contribution >= 4 is 29.3 Å². The smallest absolute Gasteiger partial charge is 0.233 e. The van der Waals surface area contributed by atoms with Gasteiger partial charge >= 0.3 is 0 Å². The fourth-order valence-corrected chi connectivity index (χ4v) is 3.79. The Morgan fingerprint density at radius 3 is 2.69 bits per heavy atom. The van der Waals surface area contributed by atoms with E-state index in [0.717, 1.165) is 26.1 Å². The predicted molar refractivity (Wildman–Crippen MR) is 104 cm³/mol. The second kappa shape index (κ2) is 8.37. The van der Waals surface area contributed by atoms with Crippen LogP contribution in [0.2, 0.25) is 0 Å². The Morgan fingerprint density at radius 2 is 2.00 bits per heavy atom. The lowest BCUT2D eigenvalue weighted by Crippen LogP contribution is -2.40. The van der Waals surface area contributed by atoms with Crippen LogP contribution in [-0.2, 0) is 11.3 Å². The number of hydrogen-bond acceptors (Lipinski definition) is 7. The summed E-state index contributed by atoms with van der Waals surface area (Å²) in [7, 11) is 0. The first-order chi connectivity index (χ1) is 12.5. The first-order valence-electron chi connectivity index (χ1n) is 8.63. The number of thioether (sulfide) groups is 1. The third-order valence-electron chi connectivity index (χ3n) is 4.26. The van der Waals surface area contributed by atoms with Crippen LogP contribution in [0.15, 0.2) is 41.6 Å². The van der Waals surface area contributed by atoms with Crippen molar-refractivity contribution in [3.05, 3.63) is 42.0 Å². The van der Waals surface area contributed by atoms with Crippen molar-refractivity contribution in [1.82, 2.24) is 20.2 Å². The topological polar surface area (TPSA) is 110 Å². The highest BCUT2D eigenvalue weighted by Gasteiger charge is 2.26. The highest BCUT2D eigenvalue weighted by Crippen LogP contribution is 2.22. The van der Waals surface area contributed by atoms with Gasteiger partial charge in [-0.1, -0.05) is 42.1 Å². The molecule has 8 heteroatoms. The Labute approximate surface area is 157 Å². The van der Waals surface area contributed by atoms with Crippen molar-refractivity contribution < 1.29 is 4.79 Å². The van der Waals surface area contributed by atoms with Gasteiger partial charge in [-0.2, -0.15) is 0 Å². The minimum absolute atomic E-state index is 0.0221. The first-order valence-corrected chi connectivity index (χ1v) is 9.51. The molecular formula is C18H24N6OS. The van der Waals surface area contributed by atoms with Crippen LogP contribution in [0.3, 0.4) is 0 Å². The third kappa shape index (κ3) is 5.09. The van der Waals surface area contributed by atoms with E-state index in [1.54, 1.807) is 0 Å². The number of carbonyl (C=O) groups excluding carboxylic acids is 1. The SMILES string of the molecule is C[C@H](Sc1nc(N)cc(N)n1)C(=O)N[C@H]1CCN(Cc2ccccc2)C1. The van der Waals surface area contributed by atoms with Gasteiger partial charge in [0.25, 0.3) is 0 Å². The van der Waals surface area contributed by atoms with Gasteiger partial charge in [0.2, 0.25) is 5.91 Å². The van der Waals surface area contributed by atoms with Crippen LogP contribution in [0.5, 0.6) is 0 Å². The second-order valence-electron chi connectivity index (χ2n) is 6.48. The highest BCUT2D eigenvalue weighted by molar-refractivity contribution is 8.00. The Bertz CT molecular complexity index is 736. The van der Waals surface area contributed by atoms with E-state index in [-0.39, 0.29) is 17.2 Å².